The van der Waals surface area contributed by atoms with Crippen LogP contribution in [0.3, 0.4) is 0 Å². The summed E-state index contributed by atoms with van der Waals surface area (Å²) in [5.41, 5.74) is 1.07. The van der Waals surface area contributed by atoms with E-state index in [4.69, 9.17) is 17.7 Å². The van der Waals surface area contributed by atoms with Crippen molar-refractivity contribution in [3.05, 3.63) is 18.4 Å². The Balaban J connectivity index is 2.58. The standard InChI is InChI=1S/C9H18NO4Si/c1-9-7-14-8-10(9)5-6-15(11-2,12-3)13-4/h7-8H,5-6H2,1-4H3/q+1. The number of aryl methyl sites for hydroxylation is 2. The van der Waals surface area contributed by atoms with Gasteiger partial charge in [0, 0.05) is 28.3 Å². The van der Waals surface area contributed by atoms with Crippen molar-refractivity contribution in [3.63, 3.8) is 0 Å². The topological polar surface area (TPSA) is 44.7 Å². The van der Waals surface area contributed by atoms with E-state index in [2.05, 4.69) is 0 Å². The fourth-order valence-electron chi connectivity index (χ4n) is 1.40. The molecular weight excluding hydrogens is 214 g/mol. The Labute approximate surface area is 90.9 Å². The molecule has 1 rings (SSSR count). The molecule has 0 aliphatic rings. The van der Waals surface area contributed by atoms with Crippen molar-refractivity contribution in [1.29, 1.82) is 0 Å². The summed E-state index contributed by atoms with van der Waals surface area (Å²) >= 11 is 0. The zero-order valence-corrected chi connectivity index (χ0v) is 10.6. The second-order valence-corrected chi connectivity index (χ2v) is 6.33. The maximum Gasteiger partial charge on any atom is 0.506 e. The Morgan fingerprint density at radius 2 is 1.87 bits per heavy atom. The molecule has 15 heavy (non-hydrogen) atoms. The van der Waals surface area contributed by atoms with Crippen LogP contribution < -0.4 is 4.57 Å². The molecule has 1 heterocycles. The molecule has 0 saturated carbocycles. The molecule has 0 radical (unpaired) electrons. The first-order valence-electron chi connectivity index (χ1n) is 4.75. The fourth-order valence-corrected chi connectivity index (χ4v) is 3.02. The van der Waals surface area contributed by atoms with Crippen molar-refractivity contribution in [1.82, 2.24) is 0 Å². The lowest BCUT2D eigenvalue weighted by Crippen LogP contribution is -2.47. The molecule has 0 aliphatic heterocycles. The summed E-state index contributed by atoms with van der Waals surface area (Å²) < 4.78 is 23.0. The van der Waals surface area contributed by atoms with Crippen LogP contribution in [0.4, 0.5) is 0 Å². The third kappa shape index (κ3) is 2.88. The molecule has 1 aromatic rings. The van der Waals surface area contributed by atoms with Crippen LogP contribution >= 0.6 is 0 Å². The predicted octanol–water partition coefficient (Wildman–Crippen LogP) is 0.754. The van der Waals surface area contributed by atoms with Gasteiger partial charge in [0.15, 0.2) is 12.8 Å². The number of rotatable bonds is 6. The molecule has 86 valence electrons. The van der Waals surface area contributed by atoms with E-state index < -0.39 is 8.80 Å². The summed E-state index contributed by atoms with van der Waals surface area (Å²) in [7, 11) is 2.39. The van der Waals surface area contributed by atoms with Crippen LogP contribution in [0.1, 0.15) is 5.69 Å². The van der Waals surface area contributed by atoms with Crippen molar-refractivity contribution in [2.75, 3.05) is 21.3 Å². The Hall–Kier alpha value is -0.693. The summed E-state index contributed by atoms with van der Waals surface area (Å²) in [5, 5.41) is 0. The van der Waals surface area contributed by atoms with Crippen molar-refractivity contribution >= 4 is 8.80 Å². The molecular formula is C9H18NO4Si+. The quantitative estimate of drug-likeness (QED) is 0.536. The van der Waals surface area contributed by atoms with Gasteiger partial charge in [0.2, 0.25) is 5.69 Å². The Kier molecular flexibility index (Phi) is 4.46. The smallest absolute Gasteiger partial charge is 0.412 e. The highest BCUT2D eigenvalue weighted by atomic mass is 28.4. The highest BCUT2D eigenvalue weighted by molar-refractivity contribution is 6.60. The molecule has 0 saturated heterocycles. The molecule has 0 unspecified atom stereocenters. The van der Waals surface area contributed by atoms with Crippen molar-refractivity contribution in [3.8, 4) is 0 Å². The number of oxazole rings is 1. The minimum Gasteiger partial charge on any atom is -0.412 e. The molecule has 1 aromatic heterocycles. The lowest BCUT2D eigenvalue weighted by molar-refractivity contribution is -0.702. The van der Waals surface area contributed by atoms with Crippen LogP contribution in [-0.2, 0) is 19.8 Å². The summed E-state index contributed by atoms with van der Waals surface area (Å²) in [6.07, 6.45) is 3.38. The Morgan fingerprint density at radius 3 is 2.27 bits per heavy atom. The summed E-state index contributed by atoms with van der Waals surface area (Å²) in [4.78, 5) is 0. The van der Waals surface area contributed by atoms with Crippen molar-refractivity contribution in [2.24, 2.45) is 0 Å². The average molecular weight is 232 g/mol. The van der Waals surface area contributed by atoms with E-state index in [-0.39, 0.29) is 0 Å². The van der Waals surface area contributed by atoms with E-state index in [0.29, 0.717) is 0 Å². The van der Waals surface area contributed by atoms with Gasteiger partial charge in [-0.3, -0.25) is 0 Å². The molecule has 0 fully saturated rings. The molecule has 0 spiro atoms. The SMILES string of the molecule is CO[Si](CC[n+]1cocc1C)(OC)OC. The fraction of sp³-hybridized carbons (Fsp3) is 0.667. The van der Waals surface area contributed by atoms with Gasteiger partial charge in [-0.15, -0.1) is 0 Å². The monoisotopic (exact) mass is 232 g/mol. The molecule has 0 atom stereocenters. The van der Waals surface area contributed by atoms with E-state index in [1.165, 1.54) is 0 Å². The van der Waals surface area contributed by atoms with Gasteiger partial charge in [-0.25, -0.2) is 0 Å². The zero-order valence-electron chi connectivity index (χ0n) is 9.65. The summed E-state index contributed by atoms with van der Waals surface area (Å²) in [6, 6.07) is 0.724. The predicted molar refractivity (Wildman–Crippen MR) is 55.2 cm³/mol. The van der Waals surface area contributed by atoms with Crippen LogP contribution in [0.2, 0.25) is 6.04 Å². The largest absolute Gasteiger partial charge is 0.506 e. The molecule has 0 N–H and O–H groups in total. The Morgan fingerprint density at radius 1 is 1.27 bits per heavy atom. The lowest BCUT2D eigenvalue weighted by atomic mass is 10.5. The van der Waals surface area contributed by atoms with Crippen molar-refractivity contribution in [2.45, 2.75) is 19.5 Å². The minimum absolute atomic E-state index is 0.724. The van der Waals surface area contributed by atoms with Gasteiger partial charge in [0.1, 0.15) is 0 Å². The molecule has 0 aromatic carbocycles. The van der Waals surface area contributed by atoms with Crippen LogP contribution in [0.15, 0.2) is 17.1 Å². The zero-order chi connectivity index (χ0) is 11.3. The van der Waals surface area contributed by atoms with Gasteiger partial charge in [0.25, 0.3) is 0 Å². The van der Waals surface area contributed by atoms with Gasteiger partial charge in [-0.05, 0) is 0 Å². The lowest BCUT2D eigenvalue weighted by Gasteiger charge is -2.22. The van der Waals surface area contributed by atoms with E-state index in [1.807, 2.05) is 11.5 Å². The molecule has 0 aliphatic carbocycles. The number of nitrogens with zero attached hydrogens (tertiary/aromatic N) is 1. The van der Waals surface area contributed by atoms with Crippen LogP contribution in [0.5, 0.6) is 0 Å². The van der Waals surface area contributed by atoms with E-state index in [1.54, 1.807) is 34.0 Å². The van der Waals surface area contributed by atoms with Gasteiger partial charge in [0.05, 0.1) is 6.04 Å². The first-order valence-corrected chi connectivity index (χ1v) is 6.68. The van der Waals surface area contributed by atoms with Gasteiger partial charge < -0.3 is 17.7 Å². The van der Waals surface area contributed by atoms with Crippen LogP contribution in [0.25, 0.3) is 0 Å². The number of hydrogen-bond donors (Lipinski definition) is 0. The van der Waals surface area contributed by atoms with E-state index in [0.717, 1.165) is 18.3 Å². The van der Waals surface area contributed by atoms with E-state index >= 15 is 0 Å². The maximum absolute atomic E-state index is 5.32. The number of hydrogen-bond acceptors (Lipinski definition) is 4. The molecule has 5 nitrogen and oxygen atoms in total. The van der Waals surface area contributed by atoms with Gasteiger partial charge in [-0.2, -0.15) is 4.57 Å². The third-order valence-electron chi connectivity index (χ3n) is 2.47. The van der Waals surface area contributed by atoms with Crippen LogP contribution in [-0.4, -0.2) is 30.1 Å². The molecule has 0 amide bonds. The van der Waals surface area contributed by atoms with Gasteiger partial charge in [-0.1, -0.05) is 0 Å². The van der Waals surface area contributed by atoms with Crippen LogP contribution in [0, 0.1) is 6.92 Å². The first-order chi connectivity index (χ1) is 7.17. The maximum atomic E-state index is 5.32. The number of aromatic nitrogens is 1. The summed E-state index contributed by atoms with van der Waals surface area (Å²) in [5.74, 6) is 0. The second kappa shape index (κ2) is 5.41. The Bertz CT molecular complexity index is 290. The minimum atomic E-state index is -2.46. The molecule has 6 heteroatoms. The first kappa shape index (κ1) is 12.4. The third-order valence-corrected chi connectivity index (χ3v) is 5.17. The van der Waals surface area contributed by atoms with Gasteiger partial charge >= 0.3 is 15.2 Å². The molecule has 0 bridgehead atoms. The average Bonchev–Trinajstić information content (AvgIpc) is 2.67. The highest BCUT2D eigenvalue weighted by Gasteiger charge is 2.39. The highest BCUT2D eigenvalue weighted by Crippen LogP contribution is 2.12. The normalized spacial score (nSPS) is 12.0. The summed E-state index contributed by atoms with van der Waals surface area (Å²) in [6.45, 7) is 2.75. The second-order valence-electron chi connectivity index (χ2n) is 3.24. The van der Waals surface area contributed by atoms with E-state index in [9.17, 15) is 0 Å². The van der Waals surface area contributed by atoms with Crippen molar-refractivity contribution < 1.29 is 22.3 Å².